The Morgan fingerprint density at radius 3 is 2.52 bits per heavy atom. The minimum absolute atomic E-state index is 0.941. The number of hydrogen-bond donors (Lipinski definition) is 0. The summed E-state index contributed by atoms with van der Waals surface area (Å²) in [5.74, 6) is 0. The molecular formula is C23H25NS. The highest BCUT2D eigenvalue weighted by Gasteiger charge is 2.11. The van der Waals surface area contributed by atoms with E-state index in [4.69, 9.17) is 12.2 Å². The van der Waals surface area contributed by atoms with Crippen LogP contribution in [-0.2, 0) is 12.8 Å². The fraction of sp³-hybridized carbons (Fsp3) is 0.348. The van der Waals surface area contributed by atoms with Gasteiger partial charge in [-0.1, -0.05) is 68.7 Å². The van der Waals surface area contributed by atoms with Gasteiger partial charge >= 0.3 is 0 Å². The third kappa shape index (κ3) is 4.75. The second kappa shape index (κ2) is 8.89. The first-order valence-corrected chi connectivity index (χ1v) is 9.71. The first-order chi connectivity index (χ1) is 12.3. The summed E-state index contributed by atoms with van der Waals surface area (Å²) in [7, 11) is 0. The summed E-state index contributed by atoms with van der Waals surface area (Å²) < 4.78 is 0. The highest BCUT2D eigenvalue weighted by molar-refractivity contribution is 7.78. The van der Waals surface area contributed by atoms with Gasteiger partial charge in [0, 0.05) is 0 Å². The molecule has 0 N–H and O–H groups in total. The van der Waals surface area contributed by atoms with Gasteiger partial charge in [0.15, 0.2) is 0 Å². The van der Waals surface area contributed by atoms with E-state index in [1.54, 1.807) is 0 Å². The molecule has 0 bridgehead atoms. The summed E-state index contributed by atoms with van der Waals surface area (Å²) >= 11 is 4.71. The van der Waals surface area contributed by atoms with Crippen LogP contribution in [0.5, 0.6) is 0 Å². The zero-order valence-corrected chi connectivity index (χ0v) is 15.7. The molecule has 0 atom stereocenters. The van der Waals surface area contributed by atoms with Crippen molar-refractivity contribution in [2.24, 2.45) is 4.99 Å². The van der Waals surface area contributed by atoms with Crippen molar-refractivity contribution < 1.29 is 0 Å². The number of aliphatic imine (C=N–C) groups is 1. The van der Waals surface area contributed by atoms with Gasteiger partial charge in [0.05, 0.1) is 10.9 Å². The number of allylic oxidation sites excluding steroid dienone is 1. The van der Waals surface area contributed by atoms with Crippen LogP contribution in [0.2, 0.25) is 0 Å². The Hall–Kier alpha value is -2.02. The van der Waals surface area contributed by atoms with Gasteiger partial charge in [0.1, 0.15) is 0 Å². The van der Waals surface area contributed by atoms with E-state index >= 15 is 0 Å². The lowest BCUT2D eigenvalue weighted by atomic mass is 9.91. The molecule has 0 aromatic heterocycles. The van der Waals surface area contributed by atoms with E-state index in [1.807, 2.05) is 0 Å². The van der Waals surface area contributed by atoms with Crippen molar-refractivity contribution in [3.8, 4) is 11.1 Å². The monoisotopic (exact) mass is 347 g/mol. The summed E-state index contributed by atoms with van der Waals surface area (Å²) in [4.78, 5) is 4.13. The van der Waals surface area contributed by atoms with E-state index in [2.05, 4.69) is 65.6 Å². The fourth-order valence-electron chi connectivity index (χ4n) is 3.42. The standard InChI is InChI=1S/C23H25NS/c1-2-3-4-5-6-18-7-9-19(10-8-18)20-11-12-22-16-23(24-17-25)14-13-21(22)15-20/h7-12,15-16H,2-6,13-14H2,1H3. The molecule has 128 valence electrons. The predicted molar refractivity (Wildman–Crippen MR) is 111 cm³/mol. The SMILES string of the molecule is CCCCCCc1ccc(-c2ccc3c(c2)CCC(N=C=S)=C3)cc1. The zero-order chi connectivity index (χ0) is 17.5. The summed E-state index contributed by atoms with van der Waals surface area (Å²) in [6, 6.07) is 15.8. The van der Waals surface area contributed by atoms with Gasteiger partial charge in [-0.25, -0.2) is 0 Å². The van der Waals surface area contributed by atoms with E-state index in [-0.39, 0.29) is 0 Å². The van der Waals surface area contributed by atoms with Gasteiger partial charge in [0.2, 0.25) is 0 Å². The third-order valence-electron chi connectivity index (χ3n) is 4.91. The van der Waals surface area contributed by atoms with Gasteiger partial charge in [-0.15, -0.1) is 0 Å². The van der Waals surface area contributed by atoms with Gasteiger partial charge in [-0.3, -0.25) is 0 Å². The van der Waals surface area contributed by atoms with Crippen LogP contribution in [-0.4, -0.2) is 5.16 Å². The number of unbranched alkanes of at least 4 members (excludes halogenated alkanes) is 3. The maximum Gasteiger partial charge on any atom is 0.0637 e. The van der Waals surface area contributed by atoms with Crippen molar-refractivity contribution in [1.29, 1.82) is 0 Å². The van der Waals surface area contributed by atoms with E-state index < -0.39 is 0 Å². The molecule has 0 saturated heterocycles. The molecule has 0 aliphatic heterocycles. The number of rotatable bonds is 7. The van der Waals surface area contributed by atoms with Crippen molar-refractivity contribution in [1.82, 2.24) is 0 Å². The Balaban J connectivity index is 1.71. The van der Waals surface area contributed by atoms with Crippen molar-refractivity contribution in [3.63, 3.8) is 0 Å². The largest absolute Gasteiger partial charge is 0.199 e. The molecule has 0 unspecified atom stereocenters. The first-order valence-electron chi connectivity index (χ1n) is 9.31. The highest BCUT2D eigenvalue weighted by Crippen LogP contribution is 2.29. The Morgan fingerprint density at radius 2 is 1.76 bits per heavy atom. The van der Waals surface area contributed by atoms with E-state index in [0.29, 0.717) is 0 Å². The number of fused-ring (bicyclic) bond motifs is 1. The van der Waals surface area contributed by atoms with E-state index in [1.165, 1.54) is 59.9 Å². The van der Waals surface area contributed by atoms with Crippen LogP contribution in [0.3, 0.4) is 0 Å². The predicted octanol–water partition coefficient (Wildman–Crippen LogP) is 6.87. The maximum absolute atomic E-state index is 4.71. The number of benzene rings is 2. The molecule has 25 heavy (non-hydrogen) atoms. The van der Waals surface area contributed by atoms with Crippen molar-refractivity contribution in [2.75, 3.05) is 0 Å². The second-order valence-corrected chi connectivity index (χ2v) is 6.94. The molecule has 0 saturated carbocycles. The van der Waals surface area contributed by atoms with Crippen LogP contribution < -0.4 is 0 Å². The number of nitrogens with zero attached hydrogens (tertiary/aromatic N) is 1. The van der Waals surface area contributed by atoms with Crippen LogP contribution in [0.1, 0.15) is 55.7 Å². The van der Waals surface area contributed by atoms with Gasteiger partial charge < -0.3 is 0 Å². The molecule has 2 heteroatoms. The molecule has 0 heterocycles. The zero-order valence-electron chi connectivity index (χ0n) is 14.9. The molecule has 0 spiro atoms. The van der Waals surface area contributed by atoms with Gasteiger partial charge in [-0.05, 0) is 71.8 Å². The molecule has 2 aromatic carbocycles. The first kappa shape index (κ1) is 17.8. The Kier molecular flexibility index (Phi) is 6.33. The van der Waals surface area contributed by atoms with Crippen LogP contribution in [0.4, 0.5) is 0 Å². The number of hydrogen-bond acceptors (Lipinski definition) is 2. The smallest absolute Gasteiger partial charge is 0.0637 e. The molecule has 0 radical (unpaired) electrons. The Morgan fingerprint density at radius 1 is 0.960 bits per heavy atom. The number of isothiocyanates is 1. The summed E-state index contributed by atoms with van der Waals surface area (Å²) in [6.45, 7) is 2.26. The average molecular weight is 348 g/mol. The lowest BCUT2D eigenvalue weighted by molar-refractivity contribution is 0.667. The average Bonchev–Trinajstić information content (AvgIpc) is 2.66. The van der Waals surface area contributed by atoms with Crippen molar-refractivity contribution in [2.45, 2.75) is 51.9 Å². The van der Waals surface area contributed by atoms with E-state index in [9.17, 15) is 0 Å². The molecule has 1 aliphatic rings. The minimum Gasteiger partial charge on any atom is -0.199 e. The second-order valence-electron chi connectivity index (χ2n) is 6.76. The molecule has 0 fully saturated rings. The summed E-state index contributed by atoms with van der Waals surface area (Å²) in [6.07, 6.45) is 10.6. The van der Waals surface area contributed by atoms with Crippen LogP contribution in [0, 0.1) is 0 Å². The molecule has 2 aromatic rings. The molecule has 0 amide bonds. The normalized spacial score (nSPS) is 12.9. The lowest BCUT2D eigenvalue weighted by Gasteiger charge is -2.15. The number of thiocarbonyl (C=S) groups is 1. The summed E-state index contributed by atoms with van der Waals surface area (Å²) in [5.41, 5.74) is 7.72. The van der Waals surface area contributed by atoms with Crippen LogP contribution in [0.15, 0.2) is 53.2 Å². The van der Waals surface area contributed by atoms with Crippen LogP contribution in [0.25, 0.3) is 17.2 Å². The van der Waals surface area contributed by atoms with Gasteiger partial charge in [0.25, 0.3) is 0 Å². The third-order valence-corrected chi connectivity index (χ3v) is 5.00. The number of aryl methyl sites for hydroxylation is 2. The minimum atomic E-state index is 0.941. The highest BCUT2D eigenvalue weighted by atomic mass is 32.1. The summed E-state index contributed by atoms with van der Waals surface area (Å²) in [5, 5.41) is 2.47. The van der Waals surface area contributed by atoms with Crippen molar-refractivity contribution in [3.05, 3.63) is 64.9 Å². The van der Waals surface area contributed by atoms with Gasteiger partial charge in [-0.2, -0.15) is 4.99 Å². The van der Waals surface area contributed by atoms with E-state index in [0.717, 1.165) is 18.5 Å². The topological polar surface area (TPSA) is 12.4 Å². The maximum atomic E-state index is 4.71. The molecule has 1 nitrogen and oxygen atoms in total. The molecular weight excluding hydrogens is 322 g/mol. The van der Waals surface area contributed by atoms with Crippen molar-refractivity contribution >= 4 is 23.5 Å². The Labute approximate surface area is 156 Å². The fourth-order valence-corrected chi connectivity index (χ4v) is 3.54. The molecule has 3 rings (SSSR count). The lowest BCUT2D eigenvalue weighted by Crippen LogP contribution is -1.98. The Bertz CT molecular complexity index is 795. The molecule has 1 aliphatic carbocycles. The quantitative estimate of drug-likeness (QED) is 0.302. The van der Waals surface area contributed by atoms with Crippen LogP contribution >= 0.6 is 12.2 Å².